The van der Waals surface area contributed by atoms with Gasteiger partial charge in [0.1, 0.15) is 12.6 Å². The molecule has 0 unspecified atom stereocenters. The number of carboxylic acids is 1. The zero-order valence-corrected chi connectivity index (χ0v) is 10.4. The molecule has 3 N–H and O–H groups in total. The fourth-order valence-electron chi connectivity index (χ4n) is 2.11. The van der Waals surface area contributed by atoms with Gasteiger partial charge in [-0.05, 0) is 12.0 Å². The third-order valence-electron chi connectivity index (χ3n) is 3.06. The lowest BCUT2D eigenvalue weighted by atomic mass is 10.2. The first-order chi connectivity index (χ1) is 9.08. The minimum Gasteiger partial charge on any atom is -0.480 e. The van der Waals surface area contributed by atoms with Gasteiger partial charge >= 0.3 is 12.1 Å². The number of rotatable bonds is 3. The summed E-state index contributed by atoms with van der Waals surface area (Å²) < 4.78 is 5.11. The summed E-state index contributed by atoms with van der Waals surface area (Å²) in [4.78, 5) is 24.1. The van der Waals surface area contributed by atoms with Gasteiger partial charge in [-0.3, -0.25) is 4.90 Å². The predicted octanol–water partition coefficient (Wildman–Crippen LogP) is 0.809. The lowest BCUT2D eigenvalue weighted by Crippen LogP contribution is -2.41. The molecule has 1 saturated heterocycles. The Morgan fingerprint density at radius 1 is 1.37 bits per heavy atom. The number of aliphatic carboxylic acids is 1. The van der Waals surface area contributed by atoms with E-state index in [0.29, 0.717) is 0 Å². The van der Waals surface area contributed by atoms with E-state index in [4.69, 9.17) is 15.6 Å². The van der Waals surface area contributed by atoms with Crippen LogP contribution in [0.4, 0.5) is 4.79 Å². The molecule has 2 rings (SSSR count). The van der Waals surface area contributed by atoms with Crippen LogP contribution in [0.3, 0.4) is 0 Å². The Morgan fingerprint density at radius 3 is 2.68 bits per heavy atom. The summed E-state index contributed by atoms with van der Waals surface area (Å²) in [5.74, 6) is -1.05. The molecule has 6 heteroatoms. The number of carboxylic acid groups (broad SMARTS) is 1. The number of hydrogen-bond acceptors (Lipinski definition) is 4. The maximum Gasteiger partial charge on any atom is 0.410 e. The van der Waals surface area contributed by atoms with Crippen molar-refractivity contribution in [3.05, 3.63) is 35.9 Å². The highest BCUT2D eigenvalue weighted by molar-refractivity contribution is 5.81. The van der Waals surface area contributed by atoms with Crippen LogP contribution in [-0.4, -0.2) is 40.7 Å². The van der Waals surface area contributed by atoms with E-state index in [2.05, 4.69) is 0 Å². The average Bonchev–Trinajstić information content (AvgIpc) is 2.79. The quantitative estimate of drug-likeness (QED) is 0.842. The zero-order valence-electron chi connectivity index (χ0n) is 10.4. The van der Waals surface area contributed by atoms with Crippen molar-refractivity contribution in [1.29, 1.82) is 0 Å². The second-order valence-electron chi connectivity index (χ2n) is 4.54. The van der Waals surface area contributed by atoms with Crippen molar-refractivity contribution >= 4 is 12.1 Å². The highest BCUT2D eigenvalue weighted by Crippen LogP contribution is 2.18. The van der Waals surface area contributed by atoms with Crippen LogP contribution in [0, 0.1) is 0 Å². The van der Waals surface area contributed by atoms with Crippen molar-refractivity contribution in [2.75, 3.05) is 6.54 Å². The van der Waals surface area contributed by atoms with Crippen LogP contribution in [0.25, 0.3) is 0 Å². The van der Waals surface area contributed by atoms with Crippen molar-refractivity contribution < 1.29 is 19.4 Å². The zero-order chi connectivity index (χ0) is 13.8. The number of likely N-dealkylation sites (tertiary alicyclic amines) is 1. The standard InChI is InChI=1S/C13H16N2O4/c14-10-6-11(12(16)17)15(7-10)13(18)19-8-9-4-2-1-3-5-9/h1-5,10-11H,6-8,14H2,(H,16,17)/t10-,11+/m1/s1. The molecule has 1 aromatic carbocycles. The molecule has 0 radical (unpaired) electrons. The Balaban J connectivity index is 1.94. The summed E-state index contributed by atoms with van der Waals surface area (Å²) in [6.45, 7) is 0.336. The minimum absolute atomic E-state index is 0.123. The van der Waals surface area contributed by atoms with E-state index in [9.17, 15) is 9.59 Å². The molecule has 1 aromatic rings. The maximum absolute atomic E-state index is 11.9. The fourth-order valence-corrected chi connectivity index (χ4v) is 2.11. The van der Waals surface area contributed by atoms with E-state index in [1.807, 2.05) is 30.3 Å². The lowest BCUT2D eigenvalue weighted by molar-refractivity contribution is -0.141. The summed E-state index contributed by atoms with van der Waals surface area (Å²) >= 11 is 0. The van der Waals surface area contributed by atoms with Gasteiger partial charge in [-0.2, -0.15) is 0 Å². The Labute approximate surface area is 110 Å². The normalized spacial score (nSPS) is 22.3. The van der Waals surface area contributed by atoms with E-state index >= 15 is 0 Å². The molecule has 2 atom stereocenters. The van der Waals surface area contributed by atoms with Crippen molar-refractivity contribution in [2.24, 2.45) is 5.73 Å². The highest BCUT2D eigenvalue weighted by atomic mass is 16.6. The first-order valence-corrected chi connectivity index (χ1v) is 6.03. The van der Waals surface area contributed by atoms with Gasteiger partial charge in [0.05, 0.1) is 0 Å². The largest absolute Gasteiger partial charge is 0.480 e. The van der Waals surface area contributed by atoms with E-state index in [1.165, 1.54) is 4.90 Å². The molecule has 0 bridgehead atoms. The van der Waals surface area contributed by atoms with Gasteiger partial charge in [-0.15, -0.1) is 0 Å². The predicted molar refractivity (Wildman–Crippen MR) is 67.3 cm³/mol. The number of amides is 1. The Morgan fingerprint density at radius 2 is 2.05 bits per heavy atom. The highest BCUT2D eigenvalue weighted by Gasteiger charge is 2.39. The molecule has 19 heavy (non-hydrogen) atoms. The molecular weight excluding hydrogens is 248 g/mol. The summed E-state index contributed by atoms with van der Waals surface area (Å²) in [7, 11) is 0. The molecule has 0 aromatic heterocycles. The van der Waals surface area contributed by atoms with Crippen LogP contribution < -0.4 is 5.73 Å². The fraction of sp³-hybridized carbons (Fsp3) is 0.385. The van der Waals surface area contributed by atoms with Gasteiger partial charge in [-0.1, -0.05) is 30.3 Å². The first-order valence-electron chi connectivity index (χ1n) is 6.03. The van der Waals surface area contributed by atoms with Crippen LogP contribution in [0.5, 0.6) is 0 Å². The summed E-state index contributed by atoms with van der Waals surface area (Å²) in [6.07, 6.45) is -0.375. The Hall–Kier alpha value is -2.08. The molecule has 1 aliphatic rings. The van der Waals surface area contributed by atoms with E-state index in [-0.39, 0.29) is 25.6 Å². The summed E-state index contributed by atoms with van der Waals surface area (Å²) in [5.41, 5.74) is 6.54. The number of carbonyl (C=O) groups excluding carboxylic acids is 1. The van der Waals surface area contributed by atoms with Crippen LogP contribution in [0.1, 0.15) is 12.0 Å². The van der Waals surface area contributed by atoms with Gasteiger partial charge in [0.2, 0.25) is 0 Å². The van der Waals surface area contributed by atoms with Crippen LogP contribution >= 0.6 is 0 Å². The van der Waals surface area contributed by atoms with Crippen molar-refractivity contribution in [3.8, 4) is 0 Å². The molecule has 1 heterocycles. The topological polar surface area (TPSA) is 92.9 Å². The third kappa shape index (κ3) is 3.23. The number of benzene rings is 1. The van der Waals surface area contributed by atoms with E-state index in [0.717, 1.165) is 5.56 Å². The van der Waals surface area contributed by atoms with Crippen LogP contribution in [0.15, 0.2) is 30.3 Å². The van der Waals surface area contributed by atoms with Crippen molar-refractivity contribution in [2.45, 2.75) is 25.1 Å². The Kier molecular flexibility index (Phi) is 4.01. The smallest absolute Gasteiger partial charge is 0.410 e. The van der Waals surface area contributed by atoms with Crippen molar-refractivity contribution in [1.82, 2.24) is 4.90 Å². The number of carbonyl (C=O) groups is 2. The molecule has 0 saturated carbocycles. The Bertz CT molecular complexity index is 463. The second-order valence-corrected chi connectivity index (χ2v) is 4.54. The summed E-state index contributed by atoms with van der Waals surface area (Å²) in [6, 6.07) is 8.01. The average molecular weight is 264 g/mol. The molecule has 1 aliphatic heterocycles. The molecule has 1 fully saturated rings. The number of nitrogens with zero attached hydrogens (tertiary/aromatic N) is 1. The van der Waals surface area contributed by atoms with Crippen molar-refractivity contribution in [3.63, 3.8) is 0 Å². The van der Waals surface area contributed by atoms with Crippen LogP contribution in [-0.2, 0) is 16.1 Å². The molecule has 6 nitrogen and oxygen atoms in total. The minimum atomic E-state index is -1.05. The molecule has 0 aliphatic carbocycles. The van der Waals surface area contributed by atoms with E-state index < -0.39 is 18.1 Å². The van der Waals surface area contributed by atoms with Gasteiger partial charge in [0.15, 0.2) is 0 Å². The van der Waals surface area contributed by atoms with Gasteiger partial charge in [0.25, 0.3) is 0 Å². The second kappa shape index (κ2) is 5.71. The molecule has 0 spiro atoms. The van der Waals surface area contributed by atoms with Gasteiger partial charge in [-0.25, -0.2) is 9.59 Å². The molecule has 1 amide bonds. The monoisotopic (exact) mass is 264 g/mol. The molecule has 102 valence electrons. The first kappa shape index (κ1) is 13.4. The van der Waals surface area contributed by atoms with Gasteiger partial charge < -0.3 is 15.6 Å². The third-order valence-corrected chi connectivity index (χ3v) is 3.06. The summed E-state index contributed by atoms with van der Waals surface area (Å²) in [5, 5.41) is 9.03. The van der Waals surface area contributed by atoms with Gasteiger partial charge in [0, 0.05) is 12.6 Å². The maximum atomic E-state index is 11.9. The van der Waals surface area contributed by atoms with E-state index in [1.54, 1.807) is 0 Å². The number of nitrogens with two attached hydrogens (primary N) is 1. The molecular formula is C13H16N2O4. The lowest BCUT2D eigenvalue weighted by Gasteiger charge is -2.20. The SMILES string of the molecule is N[C@@H]1C[C@@H](C(=O)O)N(C(=O)OCc2ccccc2)C1. The number of ether oxygens (including phenoxy) is 1. The number of hydrogen-bond donors (Lipinski definition) is 2. The van der Waals surface area contributed by atoms with Crippen LogP contribution in [0.2, 0.25) is 0 Å².